The number of likely N-dealkylation sites (tertiary alicyclic amines) is 1. The topological polar surface area (TPSA) is 66.6 Å². The molecule has 0 unspecified atom stereocenters. The van der Waals surface area contributed by atoms with Gasteiger partial charge in [0.05, 0.1) is 0 Å². The average Bonchev–Trinajstić information content (AvgIpc) is 2.71. The highest BCUT2D eigenvalue weighted by Gasteiger charge is 2.27. The van der Waals surface area contributed by atoms with Crippen LogP contribution in [0.25, 0.3) is 0 Å². The molecule has 1 fully saturated rings. The number of nitrogens with zero attached hydrogens (tertiary/aromatic N) is 2. The highest BCUT2D eigenvalue weighted by atomic mass is 16.2. The summed E-state index contributed by atoms with van der Waals surface area (Å²) >= 11 is 0. The summed E-state index contributed by atoms with van der Waals surface area (Å²) in [4.78, 5) is 26.2. The van der Waals surface area contributed by atoms with Gasteiger partial charge in [-0.3, -0.25) is 14.5 Å². The molecule has 92 valence electrons. The van der Waals surface area contributed by atoms with Crippen LogP contribution in [0.5, 0.6) is 0 Å². The molecule has 1 saturated heterocycles. The summed E-state index contributed by atoms with van der Waals surface area (Å²) in [7, 11) is 0. The van der Waals surface area contributed by atoms with Gasteiger partial charge in [0, 0.05) is 19.1 Å². The van der Waals surface area contributed by atoms with Gasteiger partial charge in [0.15, 0.2) is 0 Å². The number of likely N-dealkylation sites (N-methyl/N-ethyl adjacent to an activating group) is 2. The second-order valence-electron chi connectivity index (χ2n) is 4.13. The highest BCUT2D eigenvalue weighted by Crippen LogP contribution is 2.17. The minimum atomic E-state index is -0.858. The number of amides is 2. The van der Waals surface area contributed by atoms with E-state index in [1.54, 1.807) is 4.90 Å². The van der Waals surface area contributed by atoms with E-state index < -0.39 is 11.8 Å². The molecule has 0 saturated carbocycles. The van der Waals surface area contributed by atoms with Gasteiger partial charge in [0.25, 0.3) is 0 Å². The van der Waals surface area contributed by atoms with Crippen molar-refractivity contribution in [3.63, 3.8) is 0 Å². The number of hydrogen-bond donors (Lipinski definition) is 1. The standard InChI is InChI=1S/C11H21N3O2/c1-3-13-7-5-6-9(13)8-14(4-2)11(16)10(12)15/h9H,3-8H2,1-2H3,(H2,12,15)/t9-/m1/s1. The van der Waals surface area contributed by atoms with E-state index in [4.69, 9.17) is 5.73 Å². The summed E-state index contributed by atoms with van der Waals surface area (Å²) in [5.41, 5.74) is 5.01. The van der Waals surface area contributed by atoms with E-state index in [1.807, 2.05) is 6.92 Å². The molecule has 0 spiro atoms. The molecule has 0 radical (unpaired) electrons. The van der Waals surface area contributed by atoms with Crippen molar-refractivity contribution in [1.29, 1.82) is 0 Å². The summed E-state index contributed by atoms with van der Waals surface area (Å²) < 4.78 is 0. The lowest BCUT2D eigenvalue weighted by molar-refractivity contribution is -0.144. The molecule has 2 amide bonds. The molecule has 0 aromatic heterocycles. The van der Waals surface area contributed by atoms with E-state index in [9.17, 15) is 9.59 Å². The Balaban J connectivity index is 2.56. The molecule has 0 aromatic carbocycles. The number of rotatable bonds is 4. The van der Waals surface area contributed by atoms with Gasteiger partial charge in [-0.25, -0.2) is 0 Å². The Labute approximate surface area is 96.6 Å². The van der Waals surface area contributed by atoms with Gasteiger partial charge in [-0.05, 0) is 32.9 Å². The van der Waals surface area contributed by atoms with Crippen LogP contribution in [-0.2, 0) is 9.59 Å². The Morgan fingerprint density at radius 1 is 1.44 bits per heavy atom. The number of hydrogen-bond acceptors (Lipinski definition) is 3. The molecule has 1 atom stereocenters. The number of carbonyl (C=O) groups is 2. The van der Waals surface area contributed by atoms with Crippen molar-refractivity contribution >= 4 is 11.8 Å². The zero-order valence-electron chi connectivity index (χ0n) is 10.1. The largest absolute Gasteiger partial charge is 0.361 e. The van der Waals surface area contributed by atoms with E-state index in [2.05, 4.69) is 11.8 Å². The van der Waals surface area contributed by atoms with Crippen LogP contribution in [0.15, 0.2) is 0 Å². The highest BCUT2D eigenvalue weighted by molar-refractivity contribution is 6.34. The smallest absolute Gasteiger partial charge is 0.311 e. The number of nitrogens with two attached hydrogens (primary N) is 1. The Hall–Kier alpha value is -1.10. The first-order valence-electron chi connectivity index (χ1n) is 5.92. The maximum atomic E-state index is 11.5. The molecule has 16 heavy (non-hydrogen) atoms. The zero-order valence-corrected chi connectivity index (χ0v) is 10.1. The van der Waals surface area contributed by atoms with Crippen LogP contribution in [0.3, 0.4) is 0 Å². The molecule has 1 aliphatic heterocycles. The van der Waals surface area contributed by atoms with E-state index in [0.717, 1.165) is 19.5 Å². The van der Waals surface area contributed by atoms with Crippen LogP contribution in [0.2, 0.25) is 0 Å². The Kier molecular flexibility index (Phi) is 4.73. The van der Waals surface area contributed by atoms with Gasteiger partial charge in [0.2, 0.25) is 0 Å². The van der Waals surface area contributed by atoms with Crippen LogP contribution < -0.4 is 5.73 Å². The van der Waals surface area contributed by atoms with Crippen LogP contribution in [-0.4, -0.2) is 53.8 Å². The molecular formula is C11H21N3O2. The van der Waals surface area contributed by atoms with Gasteiger partial charge in [-0.1, -0.05) is 6.92 Å². The fourth-order valence-corrected chi connectivity index (χ4v) is 2.28. The third kappa shape index (κ3) is 2.95. The second kappa shape index (κ2) is 5.84. The zero-order chi connectivity index (χ0) is 12.1. The second-order valence-corrected chi connectivity index (χ2v) is 4.13. The van der Waals surface area contributed by atoms with Gasteiger partial charge in [-0.2, -0.15) is 0 Å². The first-order chi connectivity index (χ1) is 7.60. The van der Waals surface area contributed by atoms with Gasteiger partial charge < -0.3 is 10.6 Å². The molecule has 1 rings (SSSR count). The Morgan fingerprint density at radius 3 is 2.62 bits per heavy atom. The van der Waals surface area contributed by atoms with Crippen LogP contribution in [0.4, 0.5) is 0 Å². The minimum Gasteiger partial charge on any atom is -0.361 e. The number of primary amides is 1. The van der Waals surface area contributed by atoms with Gasteiger partial charge in [-0.15, -0.1) is 0 Å². The Morgan fingerprint density at radius 2 is 2.12 bits per heavy atom. The van der Waals surface area contributed by atoms with Crippen molar-refractivity contribution in [3.05, 3.63) is 0 Å². The Bertz CT molecular complexity index is 268. The SMILES string of the molecule is CCN(C[C@H]1CCCN1CC)C(=O)C(N)=O. The molecule has 0 aliphatic carbocycles. The predicted molar refractivity (Wildman–Crippen MR) is 61.7 cm³/mol. The molecule has 1 heterocycles. The van der Waals surface area contributed by atoms with E-state index >= 15 is 0 Å². The minimum absolute atomic E-state index is 0.383. The predicted octanol–water partition coefficient (Wildman–Crippen LogP) is -0.195. The first-order valence-corrected chi connectivity index (χ1v) is 5.92. The van der Waals surface area contributed by atoms with E-state index in [0.29, 0.717) is 19.1 Å². The van der Waals surface area contributed by atoms with Crippen molar-refractivity contribution in [2.45, 2.75) is 32.7 Å². The lowest BCUT2D eigenvalue weighted by Gasteiger charge is -2.28. The van der Waals surface area contributed by atoms with Crippen LogP contribution in [0.1, 0.15) is 26.7 Å². The summed E-state index contributed by atoms with van der Waals surface area (Å²) in [5, 5.41) is 0. The monoisotopic (exact) mass is 227 g/mol. The average molecular weight is 227 g/mol. The van der Waals surface area contributed by atoms with Crippen molar-refractivity contribution in [3.8, 4) is 0 Å². The van der Waals surface area contributed by atoms with Crippen molar-refractivity contribution in [2.75, 3.05) is 26.2 Å². The van der Waals surface area contributed by atoms with Crippen LogP contribution in [0, 0.1) is 0 Å². The number of carbonyl (C=O) groups excluding carboxylic acids is 2. The van der Waals surface area contributed by atoms with Gasteiger partial charge in [0.1, 0.15) is 0 Å². The van der Waals surface area contributed by atoms with Gasteiger partial charge >= 0.3 is 11.8 Å². The third-order valence-corrected chi connectivity index (χ3v) is 3.22. The van der Waals surface area contributed by atoms with Crippen molar-refractivity contribution in [1.82, 2.24) is 9.80 Å². The third-order valence-electron chi connectivity index (χ3n) is 3.22. The molecule has 5 heteroatoms. The molecule has 5 nitrogen and oxygen atoms in total. The molecule has 2 N–H and O–H groups in total. The van der Waals surface area contributed by atoms with Crippen LogP contribution >= 0.6 is 0 Å². The van der Waals surface area contributed by atoms with Crippen molar-refractivity contribution < 1.29 is 9.59 Å². The fraction of sp³-hybridized carbons (Fsp3) is 0.818. The lowest BCUT2D eigenvalue weighted by atomic mass is 10.2. The van der Waals surface area contributed by atoms with E-state index in [-0.39, 0.29) is 0 Å². The summed E-state index contributed by atoms with van der Waals surface area (Å²) in [6.45, 7) is 7.22. The first kappa shape index (κ1) is 13.0. The molecule has 0 bridgehead atoms. The van der Waals surface area contributed by atoms with E-state index in [1.165, 1.54) is 6.42 Å². The molecular weight excluding hydrogens is 206 g/mol. The maximum Gasteiger partial charge on any atom is 0.311 e. The quantitative estimate of drug-likeness (QED) is 0.677. The van der Waals surface area contributed by atoms with Crippen molar-refractivity contribution in [2.24, 2.45) is 5.73 Å². The maximum absolute atomic E-state index is 11.5. The normalized spacial score (nSPS) is 21.0. The summed E-state index contributed by atoms with van der Waals surface area (Å²) in [6, 6.07) is 0.383. The summed E-state index contributed by atoms with van der Waals surface area (Å²) in [5.74, 6) is -1.42. The fourth-order valence-electron chi connectivity index (χ4n) is 2.28. The molecule has 1 aliphatic rings. The summed E-state index contributed by atoms with van der Waals surface area (Å²) in [6.07, 6.45) is 2.26. The lowest BCUT2D eigenvalue weighted by Crippen LogP contribution is -2.47. The molecule has 0 aromatic rings.